The molecule has 0 fully saturated rings. The summed E-state index contributed by atoms with van der Waals surface area (Å²) in [7, 11) is 3.73. The van der Waals surface area contributed by atoms with Crippen LogP contribution in [-0.4, -0.2) is 50.4 Å². The summed E-state index contributed by atoms with van der Waals surface area (Å²) in [4.78, 5) is 25.5. The number of likely N-dealkylation sites (N-methyl/N-ethyl adjacent to an activating group) is 1. The lowest BCUT2D eigenvalue weighted by molar-refractivity contribution is -0.121. The molecule has 1 aromatic rings. The van der Waals surface area contributed by atoms with Crippen molar-refractivity contribution in [3.63, 3.8) is 0 Å². The first-order chi connectivity index (χ1) is 9.54. The van der Waals surface area contributed by atoms with Crippen LogP contribution in [-0.2, 0) is 4.79 Å². The zero-order chi connectivity index (χ0) is 15.0. The molecule has 0 saturated carbocycles. The Morgan fingerprint density at radius 3 is 2.65 bits per heavy atom. The molecule has 0 bridgehead atoms. The van der Waals surface area contributed by atoms with Gasteiger partial charge in [0.1, 0.15) is 0 Å². The largest absolute Gasteiger partial charge is 0.320 e. The topological polar surface area (TPSA) is 61.4 Å². The van der Waals surface area contributed by atoms with Crippen molar-refractivity contribution in [2.45, 2.75) is 6.42 Å². The second-order valence-corrected chi connectivity index (χ2v) is 4.96. The number of rotatable bonds is 7. The molecule has 0 spiro atoms. The third-order valence-corrected chi connectivity index (χ3v) is 3.08. The first kappa shape index (κ1) is 16.6. The molecule has 0 atom stereocenters. The number of amides is 2. The Labute approximate surface area is 124 Å². The molecule has 0 aliphatic heterocycles. The molecule has 0 saturated heterocycles. The van der Waals surface area contributed by atoms with E-state index in [2.05, 4.69) is 10.6 Å². The Morgan fingerprint density at radius 2 is 2.00 bits per heavy atom. The number of benzene rings is 1. The summed E-state index contributed by atoms with van der Waals surface area (Å²) in [5.74, 6) is -0.800. The number of nitrogens with zero attached hydrogens (tertiary/aromatic N) is 1. The summed E-state index contributed by atoms with van der Waals surface area (Å²) < 4.78 is 0. The summed E-state index contributed by atoms with van der Waals surface area (Å²) in [6.07, 6.45) is 0.943. The Hall–Kier alpha value is -1.43. The summed E-state index contributed by atoms with van der Waals surface area (Å²) in [5.41, 5.74) is 0.306. The Morgan fingerprint density at radius 1 is 1.30 bits per heavy atom. The SMILES string of the molecule is CNCCCN(C)CC(=O)NC(=O)c1ccccc1Cl. The van der Waals surface area contributed by atoms with Crippen LogP contribution >= 0.6 is 11.6 Å². The minimum atomic E-state index is -0.468. The fraction of sp³-hybridized carbons (Fsp3) is 0.429. The molecular weight excluding hydrogens is 278 g/mol. The molecule has 0 aliphatic carbocycles. The lowest BCUT2D eigenvalue weighted by Crippen LogP contribution is -2.39. The monoisotopic (exact) mass is 297 g/mol. The maximum Gasteiger partial charge on any atom is 0.259 e. The third-order valence-electron chi connectivity index (χ3n) is 2.75. The minimum absolute atomic E-state index is 0.180. The van der Waals surface area contributed by atoms with Gasteiger partial charge < -0.3 is 5.32 Å². The molecule has 0 radical (unpaired) electrons. The molecule has 0 aromatic heterocycles. The van der Waals surface area contributed by atoms with Gasteiger partial charge >= 0.3 is 0 Å². The average Bonchev–Trinajstić information content (AvgIpc) is 2.39. The second-order valence-electron chi connectivity index (χ2n) is 4.55. The third kappa shape index (κ3) is 5.69. The first-order valence-electron chi connectivity index (χ1n) is 6.46. The number of carbonyl (C=O) groups excluding carboxylic acids is 2. The Bertz CT molecular complexity index is 465. The van der Waals surface area contributed by atoms with Gasteiger partial charge in [-0.3, -0.25) is 19.8 Å². The zero-order valence-electron chi connectivity index (χ0n) is 11.8. The van der Waals surface area contributed by atoms with Crippen LogP contribution in [0.25, 0.3) is 0 Å². The van der Waals surface area contributed by atoms with Crippen LogP contribution in [0, 0.1) is 0 Å². The smallest absolute Gasteiger partial charge is 0.259 e. The van der Waals surface area contributed by atoms with Gasteiger partial charge in [-0.15, -0.1) is 0 Å². The van der Waals surface area contributed by atoms with Crippen LogP contribution in [0.1, 0.15) is 16.8 Å². The van der Waals surface area contributed by atoms with Crippen molar-refractivity contribution < 1.29 is 9.59 Å². The van der Waals surface area contributed by atoms with Gasteiger partial charge in [0.25, 0.3) is 5.91 Å². The van der Waals surface area contributed by atoms with E-state index in [1.165, 1.54) is 0 Å². The van der Waals surface area contributed by atoms with E-state index in [9.17, 15) is 9.59 Å². The Kier molecular flexibility index (Phi) is 7.22. The van der Waals surface area contributed by atoms with Crippen molar-refractivity contribution in [1.29, 1.82) is 0 Å². The molecule has 2 N–H and O–H groups in total. The highest BCUT2D eigenvalue weighted by Gasteiger charge is 2.14. The number of halogens is 1. The van der Waals surface area contributed by atoms with E-state index >= 15 is 0 Å². The van der Waals surface area contributed by atoms with Gasteiger partial charge in [0.15, 0.2) is 0 Å². The highest BCUT2D eigenvalue weighted by Crippen LogP contribution is 2.14. The summed E-state index contributed by atoms with van der Waals surface area (Å²) >= 11 is 5.90. The van der Waals surface area contributed by atoms with Crippen molar-refractivity contribution in [1.82, 2.24) is 15.5 Å². The van der Waals surface area contributed by atoms with Crippen molar-refractivity contribution in [2.24, 2.45) is 0 Å². The minimum Gasteiger partial charge on any atom is -0.320 e. The number of carbonyl (C=O) groups is 2. The molecule has 2 amide bonds. The van der Waals surface area contributed by atoms with Crippen molar-refractivity contribution in [3.8, 4) is 0 Å². The maximum absolute atomic E-state index is 11.9. The van der Waals surface area contributed by atoms with Crippen LogP contribution in [0.15, 0.2) is 24.3 Å². The van der Waals surface area contributed by atoms with Gasteiger partial charge in [-0.1, -0.05) is 23.7 Å². The lowest BCUT2D eigenvalue weighted by Gasteiger charge is -2.15. The lowest BCUT2D eigenvalue weighted by atomic mass is 10.2. The highest BCUT2D eigenvalue weighted by atomic mass is 35.5. The van der Waals surface area contributed by atoms with E-state index in [1.807, 2.05) is 19.0 Å². The first-order valence-corrected chi connectivity index (χ1v) is 6.84. The Balaban J connectivity index is 2.42. The molecule has 0 aliphatic rings. The molecule has 1 rings (SSSR count). The molecule has 0 heterocycles. The molecular formula is C14H20ClN3O2. The predicted octanol–water partition coefficient (Wildman–Crippen LogP) is 1.14. The predicted molar refractivity (Wildman–Crippen MR) is 80.0 cm³/mol. The maximum atomic E-state index is 11.9. The van der Waals surface area contributed by atoms with E-state index in [1.54, 1.807) is 24.3 Å². The van der Waals surface area contributed by atoms with E-state index in [-0.39, 0.29) is 12.5 Å². The fourth-order valence-electron chi connectivity index (χ4n) is 1.73. The number of nitrogens with one attached hydrogen (secondary N) is 2. The van der Waals surface area contributed by atoms with Crippen molar-refractivity contribution >= 4 is 23.4 Å². The molecule has 5 nitrogen and oxygen atoms in total. The molecule has 6 heteroatoms. The average molecular weight is 298 g/mol. The normalized spacial score (nSPS) is 10.6. The van der Waals surface area contributed by atoms with Crippen molar-refractivity contribution in [2.75, 3.05) is 33.7 Å². The summed E-state index contributed by atoms with van der Waals surface area (Å²) in [6, 6.07) is 6.64. The molecule has 0 unspecified atom stereocenters. The molecule has 1 aromatic carbocycles. The molecule has 110 valence electrons. The summed E-state index contributed by atoms with van der Waals surface area (Å²) in [6.45, 7) is 1.86. The zero-order valence-corrected chi connectivity index (χ0v) is 12.5. The second kappa shape index (κ2) is 8.68. The van der Waals surface area contributed by atoms with Gasteiger partial charge in [0.05, 0.1) is 17.1 Å². The quantitative estimate of drug-likeness (QED) is 0.741. The van der Waals surface area contributed by atoms with E-state index in [0.29, 0.717) is 10.6 Å². The summed E-state index contributed by atoms with van der Waals surface area (Å²) in [5, 5.41) is 5.71. The van der Waals surface area contributed by atoms with Gasteiger partial charge in [0.2, 0.25) is 5.91 Å². The van der Waals surface area contributed by atoms with Crippen LogP contribution in [0.4, 0.5) is 0 Å². The standard InChI is InChI=1S/C14H20ClN3O2/c1-16-8-5-9-18(2)10-13(19)17-14(20)11-6-3-4-7-12(11)15/h3-4,6-7,16H,5,8-10H2,1-2H3,(H,17,19,20). The van der Waals surface area contributed by atoms with E-state index < -0.39 is 5.91 Å². The number of imide groups is 1. The van der Waals surface area contributed by atoms with E-state index in [0.717, 1.165) is 19.5 Å². The van der Waals surface area contributed by atoms with E-state index in [4.69, 9.17) is 11.6 Å². The van der Waals surface area contributed by atoms with Gasteiger partial charge in [-0.2, -0.15) is 0 Å². The fourth-order valence-corrected chi connectivity index (χ4v) is 1.95. The van der Waals surface area contributed by atoms with Crippen LogP contribution < -0.4 is 10.6 Å². The number of hydrogen-bond donors (Lipinski definition) is 2. The molecule has 20 heavy (non-hydrogen) atoms. The highest BCUT2D eigenvalue weighted by molar-refractivity contribution is 6.34. The van der Waals surface area contributed by atoms with Gasteiger partial charge in [0, 0.05) is 0 Å². The van der Waals surface area contributed by atoms with Crippen LogP contribution in [0.3, 0.4) is 0 Å². The van der Waals surface area contributed by atoms with Gasteiger partial charge in [-0.25, -0.2) is 0 Å². The van der Waals surface area contributed by atoms with Gasteiger partial charge in [-0.05, 0) is 45.7 Å². The van der Waals surface area contributed by atoms with Crippen molar-refractivity contribution in [3.05, 3.63) is 34.9 Å². The van der Waals surface area contributed by atoms with Crippen LogP contribution in [0.5, 0.6) is 0 Å². The van der Waals surface area contributed by atoms with Crippen LogP contribution in [0.2, 0.25) is 5.02 Å². The number of hydrogen-bond acceptors (Lipinski definition) is 4.